The van der Waals surface area contributed by atoms with Crippen molar-refractivity contribution in [1.82, 2.24) is 0 Å². The predicted octanol–water partition coefficient (Wildman–Crippen LogP) is 22.3. The van der Waals surface area contributed by atoms with Crippen LogP contribution in [0.1, 0.15) is 107 Å². The van der Waals surface area contributed by atoms with E-state index in [1.165, 1.54) is 103 Å². The molecule has 0 amide bonds. The lowest BCUT2D eigenvalue weighted by atomic mass is 9.98. The number of allylic oxidation sites excluding steroid dienone is 10. The molecule has 3 aliphatic carbocycles. The number of fused-ring (bicyclic) bond motifs is 4. The molecule has 85 heavy (non-hydrogen) atoms. The van der Waals surface area contributed by atoms with Crippen LogP contribution in [0.2, 0.25) is 0 Å². The van der Waals surface area contributed by atoms with Crippen LogP contribution in [0.3, 0.4) is 0 Å². The van der Waals surface area contributed by atoms with Crippen molar-refractivity contribution in [3.8, 4) is 0 Å². The van der Waals surface area contributed by atoms with Gasteiger partial charge in [0.15, 0.2) is 0 Å². The van der Waals surface area contributed by atoms with Crippen molar-refractivity contribution in [2.45, 2.75) is 114 Å². The zero-order chi connectivity index (χ0) is 58.7. The van der Waals surface area contributed by atoms with E-state index in [0.717, 1.165) is 96.9 Å². The normalized spacial score (nSPS) is 13.6. The molecule has 0 saturated heterocycles. The molecule has 0 heterocycles. The minimum absolute atomic E-state index is 0.949. The van der Waals surface area contributed by atoms with Gasteiger partial charge in [-0.25, -0.2) is 0 Å². The highest BCUT2D eigenvalue weighted by molar-refractivity contribution is 5.78. The first kappa shape index (κ1) is 56.4. The Labute approximate surface area is 504 Å². The summed E-state index contributed by atoms with van der Waals surface area (Å²) in [5.41, 5.74) is 23.2. The Morgan fingerprint density at radius 2 is 0.624 bits per heavy atom. The van der Waals surface area contributed by atoms with E-state index in [1.807, 2.05) is 0 Å². The topological polar surface area (TPSA) is 13.0 Å². The first-order chi connectivity index (χ1) is 41.4. The van der Waals surface area contributed by atoms with Gasteiger partial charge in [0.2, 0.25) is 0 Å². The lowest BCUT2D eigenvalue weighted by molar-refractivity contribution is 0.770. The Morgan fingerprint density at radius 1 is 0.318 bits per heavy atom. The maximum atomic E-state index is 2.55. The molecular formula is C81H80N4. The highest BCUT2D eigenvalue weighted by atomic mass is 15.2. The van der Waals surface area contributed by atoms with Crippen LogP contribution in [-0.4, -0.2) is 0 Å². The number of nitrogens with zero attached hydrogens (tertiary/aromatic N) is 4. The molecule has 0 bridgehead atoms. The number of benzene rings is 9. The van der Waals surface area contributed by atoms with Gasteiger partial charge in [-0.15, -0.1) is 0 Å². The molecule has 0 atom stereocenters. The standard InChI is InChI=1S/C81H80N4/c1-10-12-14-62(13-11-2)82(63-29-15-55(3)16-30-63)70-43-47-74-75-48-44-72(84(66-35-21-58(6)22-36-66)67-37-23-59(7)24-38-67)53-80(75)81-54-73(85(68-39-25-60(8)26-40-68)69-41-27-61(9)28-42-69)46-50-77(81)76-49-45-71(52-79(76)78(74)51-70)83(64-31-17-56(4)18-32-64)65-33-19-57(5)20-34-65/h13,15-19,21-23,25-33,35-37,39-54H,10-12,14,20,24,34,38H2,1-9H3. The second-order valence-electron chi connectivity index (χ2n) is 24.0. The second kappa shape index (κ2) is 24.6. The molecule has 0 unspecified atom stereocenters. The van der Waals surface area contributed by atoms with Gasteiger partial charge in [-0.3, -0.25) is 0 Å². The van der Waals surface area contributed by atoms with E-state index in [4.69, 9.17) is 0 Å². The number of aryl methyl sites for hydroxylation is 5. The molecule has 0 radical (unpaired) electrons. The van der Waals surface area contributed by atoms with Gasteiger partial charge in [-0.05, 0) is 257 Å². The number of hydrogen-bond acceptors (Lipinski definition) is 4. The summed E-state index contributed by atoms with van der Waals surface area (Å²) in [6.45, 7) is 20.0. The smallest absolute Gasteiger partial charge is 0.0468 e. The fourth-order valence-electron chi connectivity index (χ4n) is 12.6. The largest absolute Gasteiger partial charge is 0.315 e. The summed E-state index contributed by atoms with van der Waals surface area (Å²) in [7, 11) is 0. The van der Waals surface area contributed by atoms with Crippen LogP contribution in [0, 0.1) is 76.4 Å². The van der Waals surface area contributed by atoms with Gasteiger partial charge >= 0.3 is 0 Å². The third kappa shape index (κ3) is 11.8. The van der Waals surface area contributed by atoms with Gasteiger partial charge in [0.1, 0.15) is 0 Å². The van der Waals surface area contributed by atoms with Gasteiger partial charge in [0.05, 0.1) is 0 Å². The van der Waals surface area contributed by atoms with Crippen LogP contribution in [0.15, 0.2) is 253 Å². The van der Waals surface area contributed by atoms with Crippen LogP contribution in [0.25, 0.3) is 0 Å². The predicted molar refractivity (Wildman–Crippen MR) is 361 cm³/mol. The molecule has 0 spiro atoms. The van der Waals surface area contributed by atoms with Crippen LogP contribution in [-0.2, 0) is 0 Å². The molecular weight excluding hydrogens is 1030 g/mol. The minimum Gasteiger partial charge on any atom is -0.315 e. The number of hydrogen-bond donors (Lipinski definition) is 0. The molecule has 4 nitrogen and oxygen atoms in total. The van der Waals surface area contributed by atoms with E-state index in [2.05, 4.69) is 306 Å². The summed E-state index contributed by atoms with van der Waals surface area (Å²) >= 11 is 0. The monoisotopic (exact) mass is 1110 g/mol. The van der Waals surface area contributed by atoms with Crippen molar-refractivity contribution in [1.29, 1.82) is 0 Å². The molecule has 0 N–H and O–H groups in total. The van der Waals surface area contributed by atoms with Crippen LogP contribution >= 0.6 is 0 Å². The van der Waals surface area contributed by atoms with E-state index < -0.39 is 0 Å². The summed E-state index contributed by atoms with van der Waals surface area (Å²) in [4.78, 5) is 9.99. The molecule has 424 valence electrons. The Balaban J connectivity index is 1.27. The van der Waals surface area contributed by atoms with Crippen molar-refractivity contribution < 1.29 is 0 Å². The van der Waals surface area contributed by atoms with Crippen molar-refractivity contribution in [3.05, 3.63) is 322 Å². The van der Waals surface area contributed by atoms with Crippen LogP contribution in [0.5, 0.6) is 0 Å². The molecule has 9 aromatic carbocycles. The van der Waals surface area contributed by atoms with Crippen LogP contribution < -0.4 is 19.6 Å². The average molecular weight is 1110 g/mol. The van der Waals surface area contributed by atoms with E-state index in [0.29, 0.717) is 0 Å². The third-order valence-electron chi connectivity index (χ3n) is 17.4. The number of rotatable bonds is 16. The van der Waals surface area contributed by atoms with Gasteiger partial charge in [0, 0.05) is 68.3 Å². The summed E-state index contributed by atoms with van der Waals surface area (Å²) in [5, 5.41) is 9.53. The van der Waals surface area contributed by atoms with Gasteiger partial charge < -0.3 is 19.6 Å². The zero-order valence-corrected chi connectivity index (χ0v) is 51.3. The van der Waals surface area contributed by atoms with E-state index in [9.17, 15) is 0 Å². The van der Waals surface area contributed by atoms with Gasteiger partial charge in [0.25, 0.3) is 0 Å². The van der Waals surface area contributed by atoms with E-state index in [-0.39, 0.29) is 0 Å². The molecule has 4 heteroatoms. The first-order valence-electron chi connectivity index (χ1n) is 30.9. The fourth-order valence-corrected chi connectivity index (χ4v) is 12.6. The van der Waals surface area contributed by atoms with E-state index in [1.54, 1.807) is 0 Å². The number of anilines is 9. The molecule has 0 fully saturated rings. The van der Waals surface area contributed by atoms with E-state index >= 15 is 0 Å². The van der Waals surface area contributed by atoms with Crippen molar-refractivity contribution >= 4 is 51.2 Å². The fraction of sp³-hybridized carbons (Fsp3) is 0.210. The Hall–Kier alpha value is -9.12. The summed E-state index contributed by atoms with van der Waals surface area (Å²) in [6.07, 6.45) is 19.9. The maximum absolute atomic E-state index is 2.55. The quantitative estimate of drug-likeness (QED) is 0.0956. The highest BCUT2D eigenvalue weighted by Gasteiger charge is 2.22. The Bertz CT molecular complexity index is 4500. The van der Waals surface area contributed by atoms with Gasteiger partial charge in [-0.2, -0.15) is 0 Å². The average Bonchev–Trinajstić information content (AvgIpc) is 1.25. The summed E-state index contributed by atoms with van der Waals surface area (Å²) < 4.78 is 0. The summed E-state index contributed by atoms with van der Waals surface area (Å²) in [5.74, 6) is 0. The SMILES string of the molecule is CCC=C(CCCC)N(c1ccc(C)cc1)c1ccc2c(c1)=c1cc(N(C3=CC=C(C)CC3)c3ccc(C)cc3)ccc1=c1ccc(N(c3ccc(C)cc3)c3ccc(C)cc3)cc1=c1cc(N(C3=CC=C(C)CC3)c3ccc(C)cc3)ccc1=2. The molecule has 3 aliphatic rings. The second-order valence-corrected chi connectivity index (χ2v) is 24.0. The van der Waals surface area contributed by atoms with Crippen LogP contribution in [0.4, 0.5) is 51.2 Å². The Morgan fingerprint density at radius 3 is 0.953 bits per heavy atom. The summed E-state index contributed by atoms with van der Waals surface area (Å²) in [6, 6.07) is 74.5. The first-order valence-corrected chi connectivity index (χ1v) is 30.9. The third-order valence-corrected chi connectivity index (χ3v) is 17.4. The van der Waals surface area contributed by atoms with Crippen molar-refractivity contribution in [3.63, 3.8) is 0 Å². The molecule has 9 aromatic rings. The number of unbranched alkanes of at least 4 members (excludes halogenated alkanes) is 1. The molecule has 0 aliphatic heterocycles. The lowest BCUT2D eigenvalue weighted by Crippen LogP contribution is -2.18. The van der Waals surface area contributed by atoms with Crippen molar-refractivity contribution in [2.75, 3.05) is 19.6 Å². The Kier molecular flexibility index (Phi) is 16.3. The molecule has 0 aromatic heterocycles. The zero-order valence-electron chi connectivity index (χ0n) is 51.3. The highest BCUT2D eigenvalue weighted by Crippen LogP contribution is 2.41. The minimum atomic E-state index is 0.949. The molecule has 12 rings (SSSR count). The van der Waals surface area contributed by atoms with Gasteiger partial charge in [-0.1, -0.05) is 162 Å². The molecule has 0 saturated carbocycles. The lowest BCUT2D eigenvalue weighted by Gasteiger charge is -2.30. The maximum Gasteiger partial charge on any atom is 0.0468 e. The van der Waals surface area contributed by atoms with Crippen molar-refractivity contribution in [2.24, 2.45) is 0 Å².